The van der Waals surface area contributed by atoms with Crippen molar-refractivity contribution in [2.24, 2.45) is 0 Å². The molecule has 0 saturated carbocycles. The molecule has 0 saturated heterocycles. The van der Waals surface area contributed by atoms with Gasteiger partial charge in [0.05, 0.1) is 0 Å². The molecule has 0 spiro atoms. The first kappa shape index (κ1) is 28.0. The van der Waals surface area contributed by atoms with Gasteiger partial charge in [-0.05, 0) is 0 Å². The maximum atomic E-state index is 9.77. The van der Waals surface area contributed by atoms with E-state index in [1.165, 1.54) is 0 Å². The van der Waals surface area contributed by atoms with Crippen molar-refractivity contribution in [2.45, 2.75) is 12.2 Å². The summed E-state index contributed by atoms with van der Waals surface area (Å²) in [6.45, 7) is 0. The van der Waals surface area contributed by atoms with Gasteiger partial charge >= 0.3 is 91.2 Å². The van der Waals surface area contributed by atoms with Crippen LogP contribution in [0.2, 0.25) is 0 Å². The average Bonchev–Trinajstić information content (AvgIpc) is 2.24. The van der Waals surface area contributed by atoms with Gasteiger partial charge in [-0.3, -0.25) is 0 Å². The molecule has 0 heterocycles. The Hall–Kier alpha value is -0.200. The summed E-state index contributed by atoms with van der Waals surface area (Å²) in [6.07, 6.45) is -3.42. The van der Waals surface area contributed by atoms with Crippen LogP contribution in [0.15, 0.2) is 12.2 Å². The fourth-order valence-electron chi connectivity index (χ4n) is 0.413. The van der Waals surface area contributed by atoms with Crippen molar-refractivity contribution >= 4 is 91.2 Å². The van der Waals surface area contributed by atoms with Crippen LogP contribution in [0.25, 0.3) is 0 Å². The van der Waals surface area contributed by atoms with E-state index in [2.05, 4.69) is 0 Å². The Morgan fingerprint density at radius 2 is 0.900 bits per heavy atom. The summed E-state index contributed by atoms with van der Waals surface area (Å²) in [6, 6.07) is 0. The van der Waals surface area contributed by atoms with Gasteiger partial charge in [-0.1, -0.05) is 0 Å². The third kappa shape index (κ3) is 17.8. The van der Waals surface area contributed by atoms with Crippen molar-refractivity contribution in [2.75, 3.05) is 0 Å². The van der Waals surface area contributed by atoms with E-state index in [1.54, 1.807) is 0 Å². The van der Waals surface area contributed by atoms with E-state index in [9.17, 15) is 19.2 Å². The second-order valence-electron chi connectivity index (χ2n) is 2.58. The second kappa shape index (κ2) is 15.2. The summed E-state index contributed by atoms with van der Waals surface area (Å²) >= 11 is 0. The Morgan fingerprint density at radius 3 is 1.00 bits per heavy atom. The second-order valence-corrected chi connectivity index (χ2v) is 2.58. The van der Waals surface area contributed by atoms with E-state index in [0.29, 0.717) is 12.2 Å². The molecule has 2 atom stereocenters. The van der Waals surface area contributed by atoms with Crippen LogP contribution in [0, 0.1) is 0 Å². The van der Waals surface area contributed by atoms with Gasteiger partial charge < -0.3 is 30.6 Å². The molecule has 0 radical (unpaired) electrons. The number of carboxylic acids is 4. The van der Waals surface area contributed by atoms with Gasteiger partial charge in [0.25, 0.3) is 0 Å². The fraction of sp³-hybridized carbons (Fsp3) is 0.250. The van der Waals surface area contributed by atoms with Crippen LogP contribution in [0.3, 0.4) is 0 Å². The first-order chi connectivity index (χ1) is 8.09. The number of carboxylic acid groups (broad SMARTS) is 4. The minimum absolute atomic E-state index is 0. The van der Waals surface area contributed by atoms with E-state index in [4.69, 9.17) is 30.6 Å². The maximum absolute atomic E-state index is 9.77. The first-order valence-corrected chi connectivity index (χ1v) is 4.05. The molecule has 0 aromatic carbocycles. The molecule has 20 heavy (non-hydrogen) atoms. The molecule has 0 bridgehead atoms. The number of carbonyl (C=O) groups is 4. The SMILES string of the molecule is O=C(O)/C=C\C(=O)O.O=C(O)C(O)C(O)C(=O)O.[CaH2].[NaH]. The van der Waals surface area contributed by atoms with Crippen molar-refractivity contribution < 1.29 is 49.8 Å². The number of aliphatic hydroxyl groups excluding tert-OH is 2. The zero-order valence-corrected chi connectivity index (χ0v) is 8.63. The van der Waals surface area contributed by atoms with Gasteiger partial charge in [0.2, 0.25) is 0 Å². The van der Waals surface area contributed by atoms with Crippen LogP contribution in [0.4, 0.5) is 0 Å². The first-order valence-electron chi connectivity index (χ1n) is 4.05. The van der Waals surface area contributed by atoms with Crippen molar-refractivity contribution in [1.29, 1.82) is 0 Å². The van der Waals surface area contributed by atoms with Crippen molar-refractivity contribution in [3.8, 4) is 0 Å². The summed E-state index contributed by atoms with van der Waals surface area (Å²) in [4.78, 5) is 38.7. The Bertz CT molecular complexity index is 334. The molecule has 2 unspecified atom stereocenters. The number of aliphatic carboxylic acids is 4. The van der Waals surface area contributed by atoms with Crippen LogP contribution in [0.5, 0.6) is 0 Å². The quantitative estimate of drug-likeness (QED) is 0.214. The van der Waals surface area contributed by atoms with Crippen molar-refractivity contribution in [3.05, 3.63) is 12.2 Å². The Balaban J connectivity index is -0.000000119. The summed E-state index contributed by atoms with van der Waals surface area (Å²) in [5.74, 6) is -6.05. The monoisotopic (exact) mass is 332 g/mol. The third-order valence-electron chi connectivity index (χ3n) is 1.17. The van der Waals surface area contributed by atoms with E-state index in [-0.39, 0.29) is 67.3 Å². The van der Waals surface area contributed by atoms with E-state index < -0.39 is 36.1 Å². The van der Waals surface area contributed by atoms with Crippen LogP contribution < -0.4 is 0 Å². The van der Waals surface area contributed by atoms with Crippen LogP contribution in [0.1, 0.15) is 0 Å². The molecule has 10 nitrogen and oxygen atoms in total. The van der Waals surface area contributed by atoms with Gasteiger partial charge in [0.15, 0.2) is 12.2 Å². The van der Waals surface area contributed by atoms with Crippen LogP contribution >= 0.6 is 0 Å². The Morgan fingerprint density at radius 1 is 0.700 bits per heavy atom. The standard InChI is InChI=1S/C4H6O6.C4H4O4.Ca.Na.3H/c5-1(3(7)8)2(6)4(9)10;5-3(6)1-2-4(7)8;;;;;/h1-2,5-6H,(H,7,8)(H,9,10);1-2H,(H,5,6)(H,7,8);;;;;/b;2-1-;;;;;. The molecule has 0 aliphatic heterocycles. The van der Waals surface area contributed by atoms with Crippen molar-refractivity contribution in [1.82, 2.24) is 0 Å². The van der Waals surface area contributed by atoms with Gasteiger partial charge in [-0.15, -0.1) is 0 Å². The normalized spacial score (nSPS) is 11.7. The molecule has 0 amide bonds. The third-order valence-corrected chi connectivity index (χ3v) is 1.17. The molecule has 0 aromatic rings. The number of rotatable bonds is 5. The van der Waals surface area contributed by atoms with E-state index in [1.807, 2.05) is 0 Å². The van der Waals surface area contributed by atoms with Crippen LogP contribution in [-0.4, -0.2) is 134 Å². The predicted molar refractivity (Wildman–Crippen MR) is 67.4 cm³/mol. The molecular weight excluding hydrogens is 319 g/mol. The van der Waals surface area contributed by atoms with Gasteiger partial charge in [-0.2, -0.15) is 0 Å². The van der Waals surface area contributed by atoms with Gasteiger partial charge in [-0.25, -0.2) is 19.2 Å². The molecular formula is C8H13CaNaO10. The van der Waals surface area contributed by atoms with Crippen LogP contribution in [-0.2, 0) is 19.2 Å². The topological polar surface area (TPSA) is 190 Å². The summed E-state index contributed by atoms with van der Waals surface area (Å²) in [7, 11) is 0. The van der Waals surface area contributed by atoms with Gasteiger partial charge in [0, 0.05) is 12.2 Å². The molecule has 0 aliphatic rings. The molecule has 6 N–H and O–H groups in total. The zero-order chi connectivity index (χ0) is 14.9. The number of hydrogen-bond donors (Lipinski definition) is 6. The van der Waals surface area contributed by atoms with E-state index >= 15 is 0 Å². The molecule has 0 aromatic heterocycles. The molecule has 0 fully saturated rings. The Kier molecular flexibility index (Phi) is 21.3. The average molecular weight is 332 g/mol. The molecule has 0 rings (SSSR count). The van der Waals surface area contributed by atoms with Gasteiger partial charge in [0.1, 0.15) is 0 Å². The molecule has 108 valence electrons. The predicted octanol–water partition coefficient (Wildman–Crippen LogP) is -3.98. The summed E-state index contributed by atoms with van der Waals surface area (Å²) < 4.78 is 0. The number of hydrogen-bond acceptors (Lipinski definition) is 6. The van der Waals surface area contributed by atoms with Crippen molar-refractivity contribution in [3.63, 3.8) is 0 Å². The number of aliphatic hydroxyl groups is 2. The van der Waals surface area contributed by atoms with E-state index in [0.717, 1.165) is 0 Å². The molecule has 12 heteroatoms. The molecule has 0 aliphatic carbocycles. The summed E-state index contributed by atoms with van der Waals surface area (Å²) in [5.41, 5.74) is 0. The zero-order valence-electron chi connectivity index (χ0n) is 8.63. The Labute approximate surface area is 164 Å². The minimum atomic E-state index is -2.27. The fourth-order valence-corrected chi connectivity index (χ4v) is 0.413. The summed E-state index contributed by atoms with van der Waals surface area (Å²) in [5, 5.41) is 48.2.